The van der Waals surface area contributed by atoms with Crippen LogP contribution in [0.15, 0.2) is 28.2 Å². The molecule has 1 aromatic carbocycles. The van der Waals surface area contributed by atoms with Gasteiger partial charge in [-0.15, -0.1) is 0 Å². The van der Waals surface area contributed by atoms with Crippen molar-refractivity contribution in [2.24, 2.45) is 27.2 Å². The van der Waals surface area contributed by atoms with E-state index in [1.54, 1.807) is 24.1 Å². The smallest absolute Gasteiger partial charge is 0.231 e. The molecular weight excluding hydrogens is 232 g/mol. The molecule has 0 saturated heterocycles. The Hall–Kier alpha value is -2.57. The van der Waals surface area contributed by atoms with Gasteiger partial charge in [0.15, 0.2) is 5.96 Å². The molecular formula is C11H14N6O. The maximum absolute atomic E-state index is 11.5. The summed E-state index contributed by atoms with van der Waals surface area (Å²) in [5.41, 5.74) is 18.3. The Morgan fingerprint density at radius 3 is 2.72 bits per heavy atom. The fraction of sp³-hybridized carbons (Fsp3) is 0.182. The predicted octanol–water partition coefficient (Wildman–Crippen LogP) is -0.575. The van der Waals surface area contributed by atoms with E-state index in [-0.39, 0.29) is 17.8 Å². The first kappa shape index (κ1) is 11.9. The molecule has 0 fully saturated rings. The third-order valence-electron chi connectivity index (χ3n) is 2.63. The lowest BCUT2D eigenvalue weighted by Gasteiger charge is -2.10. The second-order valence-corrected chi connectivity index (χ2v) is 3.95. The van der Waals surface area contributed by atoms with Crippen LogP contribution in [-0.4, -0.2) is 24.9 Å². The van der Waals surface area contributed by atoms with E-state index < -0.39 is 0 Å². The summed E-state index contributed by atoms with van der Waals surface area (Å²) in [7, 11) is 1.72. The van der Waals surface area contributed by atoms with Crippen LogP contribution in [0.4, 0.5) is 11.4 Å². The highest BCUT2D eigenvalue weighted by atomic mass is 16.2. The summed E-state index contributed by atoms with van der Waals surface area (Å²) >= 11 is 0. The summed E-state index contributed by atoms with van der Waals surface area (Å²) < 4.78 is 0. The van der Waals surface area contributed by atoms with Crippen molar-refractivity contribution in [3.63, 3.8) is 0 Å². The highest BCUT2D eigenvalue weighted by Crippen LogP contribution is 2.31. The lowest BCUT2D eigenvalue weighted by Crippen LogP contribution is -2.26. The summed E-state index contributed by atoms with van der Waals surface area (Å²) in [4.78, 5) is 20.8. The predicted molar refractivity (Wildman–Crippen MR) is 70.6 cm³/mol. The van der Waals surface area contributed by atoms with Gasteiger partial charge < -0.3 is 22.1 Å². The first-order valence-electron chi connectivity index (χ1n) is 5.30. The van der Waals surface area contributed by atoms with Crippen molar-refractivity contribution in [1.82, 2.24) is 0 Å². The number of likely N-dealkylation sites (N-methyl/N-ethyl adjacent to an activating group) is 1. The van der Waals surface area contributed by atoms with Crippen LogP contribution in [0.3, 0.4) is 0 Å². The van der Waals surface area contributed by atoms with Crippen molar-refractivity contribution in [3.8, 4) is 0 Å². The lowest BCUT2D eigenvalue weighted by atomic mass is 10.1. The normalized spacial score (nSPS) is 14.6. The van der Waals surface area contributed by atoms with Crippen LogP contribution in [0, 0.1) is 0 Å². The molecule has 2 rings (SSSR count). The molecule has 0 atom stereocenters. The molecule has 0 aromatic heterocycles. The van der Waals surface area contributed by atoms with Crippen LogP contribution in [0.5, 0.6) is 0 Å². The number of aliphatic imine (C=N–C) groups is 2. The quantitative estimate of drug-likeness (QED) is 0.453. The van der Waals surface area contributed by atoms with Crippen LogP contribution >= 0.6 is 0 Å². The van der Waals surface area contributed by atoms with Gasteiger partial charge in [-0.1, -0.05) is 6.07 Å². The molecule has 18 heavy (non-hydrogen) atoms. The van der Waals surface area contributed by atoms with Crippen molar-refractivity contribution in [2.75, 3.05) is 11.9 Å². The van der Waals surface area contributed by atoms with E-state index in [1.165, 1.54) is 0 Å². The van der Waals surface area contributed by atoms with E-state index in [1.807, 2.05) is 6.07 Å². The van der Waals surface area contributed by atoms with Gasteiger partial charge in [-0.3, -0.25) is 4.79 Å². The van der Waals surface area contributed by atoms with Gasteiger partial charge in [-0.05, 0) is 17.7 Å². The van der Waals surface area contributed by atoms with Gasteiger partial charge in [0, 0.05) is 12.7 Å². The number of anilines is 1. The average Bonchev–Trinajstić information content (AvgIpc) is 2.54. The number of rotatable bonds is 1. The van der Waals surface area contributed by atoms with Gasteiger partial charge in [-0.2, -0.15) is 4.99 Å². The molecule has 1 aliphatic rings. The molecule has 1 amide bonds. The highest BCUT2D eigenvalue weighted by Gasteiger charge is 2.23. The first-order valence-corrected chi connectivity index (χ1v) is 5.30. The second kappa shape index (κ2) is 4.36. The minimum atomic E-state index is -0.148. The molecule has 0 spiro atoms. The van der Waals surface area contributed by atoms with Gasteiger partial charge in [0.2, 0.25) is 11.9 Å². The Morgan fingerprint density at radius 2 is 2.06 bits per heavy atom. The molecule has 7 nitrogen and oxygen atoms in total. The molecule has 1 aromatic rings. The van der Waals surface area contributed by atoms with Gasteiger partial charge >= 0.3 is 0 Å². The van der Waals surface area contributed by atoms with Crippen molar-refractivity contribution in [3.05, 3.63) is 23.8 Å². The summed E-state index contributed by atoms with van der Waals surface area (Å²) in [6.07, 6.45) is 0.416. The summed E-state index contributed by atoms with van der Waals surface area (Å²) in [6.45, 7) is 0. The Morgan fingerprint density at radius 1 is 1.33 bits per heavy atom. The number of fused-ring (bicyclic) bond motifs is 1. The van der Waals surface area contributed by atoms with Crippen molar-refractivity contribution in [1.29, 1.82) is 0 Å². The van der Waals surface area contributed by atoms with Crippen LogP contribution < -0.4 is 22.1 Å². The number of carbonyl (C=O) groups is 1. The molecule has 1 heterocycles. The van der Waals surface area contributed by atoms with Crippen molar-refractivity contribution < 1.29 is 4.79 Å². The van der Waals surface area contributed by atoms with Crippen LogP contribution in [0.25, 0.3) is 0 Å². The van der Waals surface area contributed by atoms with E-state index in [9.17, 15) is 4.79 Å². The molecule has 0 saturated carbocycles. The lowest BCUT2D eigenvalue weighted by molar-refractivity contribution is -0.117. The van der Waals surface area contributed by atoms with E-state index in [0.717, 1.165) is 11.3 Å². The van der Waals surface area contributed by atoms with E-state index in [0.29, 0.717) is 12.1 Å². The zero-order valence-corrected chi connectivity index (χ0v) is 9.92. The number of nitrogens with zero attached hydrogens (tertiary/aromatic N) is 3. The minimum absolute atomic E-state index is 0.0260. The van der Waals surface area contributed by atoms with Crippen LogP contribution in [0.2, 0.25) is 0 Å². The van der Waals surface area contributed by atoms with Gasteiger partial charge in [-0.25, -0.2) is 4.99 Å². The fourth-order valence-corrected chi connectivity index (χ4v) is 1.79. The number of hydrogen-bond donors (Lipinski definition) is 3. The Labute approximate surface area is 104 Å². The molecule has 1 aliphatic heterocycles. The molecule has 0 unspecified atom stereocenters. The third-order valence-corrected chi connectivity index (χ3v) is 2.63. The summed E-state index contributed by atoms with van der Waals surface area (Å²) in [6, 6.07) is 5.38. The summed E-state index contributed by atoms with van der Waals surface area (Å²) in [5.74, 6) is -0.116. The topological polar surface area (TPSA) is 123 Å². The maximum Gasteiger partial charge on any atom is 0.231 e. The standard InChI is InChI=1S/C11H14N6O/c1-17-8-5-7(15-11(14)16-10(12)13)3-2-6(8)4-9(17)18/h2-3,5H,4H2,1H3,(H6,12,13,14,15,16). The molecule has 94 valence electrons. The van der Waals surface area contributed by atoms with Gasteiger partial charge in [0.25, 0.3) is 0 Å². The SMILES string of the molecule is CN1C(=O)Cc2ccc(N=C(N)N=C(N)N)cc21. The monoisotopic (exact) mass is 246 g/mol. The first-order chi connectivity index (χ1) is 8.47. The molecule has 6 N–H and O–H groups in total. The molecule has 0 aliphatic carbocycles. The van der Waals surface area contributed by atoms with Gasteiger partial charge in [0.05, 0.1) is 12.1 Å². The zero-order valence-electron chi connectivity index (χ0n) is 9.92. The largest absolute Gasteiger partial charge is 0.370 e. The number of amides is 1. The number of benzene rings is 1. The number of carbonyl (C=O) groups excluding carboxylic acids is 1. The summed E-state index contributed by atoms with van der Waals surface area (Å²) in [5, 5.41) is 0. The van der Waals surface area contributed by atoms with Crippen molar-refractivity contribution in [2.45, 2.75) is 6.42 Å². The van der Waals surface area contributed by atoms with Crippen LogP contribution in [0.1, 0.15) is 5.56 Å². The minimum Gasteiger partial charge on any atom is -0.370 e. The maximum atomic E-state index is 11.5. The Kier molecular flexibility index (Phi) is 2.88. The number of hydrogen-bond acceptors (Lipinski definition) is 2. The third kappa shape index (κ3) is 2.24. The zero-order chi connectivity index (χ0) is 13.3. The average molecular weight is 246 g/mol. The number of nitrogens with two attached hydrogens (primary N) is 3. The number of guanidine groups is 2. The Bertz CT molecular complexity index is 559. The molecule has 7 heteroatoms. The van der Waals surface area contributed by atoms with Crippen LogP contribution in [-0.2, 0) is 11.2 Å². The van der Waals surface area contributed by atoms with E-state index in [2.05, 4.69) is 9.98 Å². The highest BCUT2D eigenvalue weighted by molar-refractivity contribution is 6.01. The van der Waals surface area contributed by atoms with E-state index in [4.69, 9.17) is 17.2 Å². The Balaban J connectivity index is 2.34. The van der Waals surface area contributed by atoms with Crippen molar-refractivity contribution >= 4 is 29.2 Å². The van der Waals surface area contributed by atoms with E-state index >= 15 is 0 Å². The molecule has 0 bridgehead atoms. The fourth-order valence-electron chi connectivity index (χ4n) is 1.79. The van der Waals surface area contributed by atoms with Gasteiger partial charge in [0.1, 0.15) is 0 Å². The second-order valence-electron chi connectivity index (χ2n) is 3.95. The molecule has 0 radical (unpaired) electrons.